The average molecular weight is 384 g/mol. The van der Waals surface area contributed by atoms with E-state index in [0.29, 0.717) is 6.04 Å². The Bertz CT molecular complexity index is 953. The van der Waals surface area contributed by atoms with Gasteiger partial charge in [0.1, 0.15) is 10.0 Å². The van der Waals surface area contributed by atoms with Gasteiger partial charge < -0.3 is 0 Å². The van der Waals surface area contributed by atoms with Gasteiger partial charge in [0.05, 0.1) is 26.8 Å². The zero-order chi connectivity index (χ0) is 16.6. The molecular weight excluding hydrogens is 366 g/mol. The molecule has 4 aromatic rings. The number of hydrogen-bond donors (Lipinski definition) is 0. The first kappa shape index (κ1) is 15.6. The molecule has 1 atom stereocenters. The second-order valence-corrected chi connectivity index (χ2v) is 9.14. The summed E-state index contributed by atoms with van der Waals surface area (Å²) in [6, 6.07) is 13.1. The summed E-state index contributed by atoms with van der Waals surface area (Å²) < 4.78 is 1.29. The summed E-state index contributed by atoms with van der Waals surface area (Å²) >= 11 is 5.35. The van der Waals surface area contributed by atoms with Gasteiger partial charge in [-0.15, -0.1) is 34.0 Å². The summed E-state index contributed by atoms with van der Waals surface area (Å²) in [5.41, 5.74) is 2.31. The van der Waals surface area contributed by atoms with Crippen LogP contribution in [0, 0.1) is 0 Å². The maximum absolute atomic E-state index is 4.89. The van der Waals surface area contributed by atoms with Crippen LogP contribution in [0.15, 0.2) is 47.2 Å². The number of fused-ring (bicyclic) bond motifs is 1. The van der Waals surface area contributed by atoms with Crippen LogP contribution in [-0.4, -0.2) is 21.4 Å². The molecule has 0 amide bonds. The third-order valence-corrected chi connectivity index (χ3v) is 7.68. The number of likely N-dealkylation sites (tertiary alicyclic amines) is 1. The normalized spacial score (nSPS) is 18.3. The molecule has 5 rings (SSSR count). The molecule has 1 aliphatic heterocycles. The minimum Gasteiger partial charge on any atom is -0.288 e. The van der Waals surface area contributed by atoms with E-state index in [1.165, 1.54) is 33.1 Å². The maximum atomic E-state index is 4.89. The highest BCUT2D eigenvalue weighted by Crippen LogP contribution is 2.37. The third-order valence-electron chi connectivity index (χ3n) is 4.61. The van der Waals surface area contributed by atoms with E-state index in [9.17, 15) is 0 Å². The highest BCUT2D eigenvalue weighted by molar-refractivity contribution is 7.20. The highest BCUT2D eigenvalue weighted by atomic mass is 32.1. The fourth-order valence-electron chi connectivity index (χ4n) is 3.43. The van der Waals surface area contributed by atoms with E-state index in [2.05, 4.69) is 52.1 Å². The van der Waals surface area contributed by atoms with Gasteiger partial charge in [-0.1, -0.05) is 18.2 Å². The molecule has 1 aliphatic rings. The van der Waals surface area contributed by atoms with E-state index in [1.807, 2.05) is 11.3 Å². The van der Waals surface area contributed by atoms with E-state index < -0.39 is 0 Å². The van der Waals surface area contributed by atoms with Gasteiger partial charge in [0.2, 0.25) is 0 Å². The lowest BCUT2D eigenvalue weighted by Gasteiger charge is -2.21. The maximum Gasteiger partial charge on any atom is 0.133 e. The van der Waals surface area contributed by atoms with E-state index in [4.69, 9.17) is 9.97 Å². The molecule has 1 unspecified atom stereocenters. The number of thiophene rings is 1. The molecule has 3 aromatic heterocycles. The number of hydrogen-bond acceptors (Lipinski definition) is 6. The van der Waals surface area contributed by atoms with Crippen molar-refractivity contribution in [3.63, 3.8) is 0 Å². The van der Waals surface area contributed by atoms with Gasteiger partial charge in [-0.25, -0.2) is 9.97 Å². The minimum absolute atomic E-state index is 0.435. The first-order chi connectivity index (χ1) is 12.4. The number of thiazole rings is 2. The molecular formula is C19H17N3S3. The summed E-state index contributed by atoms with van der Waals surface area (Å²) in [4.78, 5) is 13.6. The number of para-hydroxylation sites is 1. The van der Waals surface area contributed by atoms with Crippen LogP contribution < -0.4 is 0 Å². The van der Waals surface area contributed by atoms with Crippen molar-refractivity contribution in [2.45, 2.75) is 25.4 Å². The highest BCUT2D eigenvalue weighted by Gasteiger charge is 2.29. The first-order valence-electron chi connectivity index (χ1n) is 8.44. The van der Waals surface area contributed by atoms with Crippen LogP contribution >= 0.6 is 34.0 Å². The van der Waals surface area contributed by atoms with Crippen molar-refractivity contribution in [3.05, 3.63) is 57.9 Å². The Morgan fingerprint density at radius 1 is 1.08 bits per heavy atom. The van der Waals surface area contributed by atoms with E-state index in [-0.39, 0.29) is 0 Å². The molecule has 0 spiro atoms. The number of rotatable bonds is 4. The van der Waals surface area contributed by atoms with Gasteiger partial charge in [0.15, 0.2) is 0 Å². The topological polar surface area (TPSA) is 29.0 Å². The molecule has 4 heterocycles. The summed E-state index contributed by atoms with van der Waals surface area (Å²) in [6.45, 7) is 2.05. The second kappa shape index (κ2) is 6.61. The van der Waals surface area contributed by atoms with Crippen LogP contribution in [0.25, 0.3) is 20.1 Å². The molecule has 1 aromatic carbocycles. The van der Waals surface area contributed by atoms with Gasteiger partial charge in [-0.3, -0.25) is 4.90 Å². The lowest BCUT2D eigenvalue weighted by Crippen LogP contribution is -2.22. The fraction of sp³-hybridized carbons (Fsp3) is 0.263. The van der Waals surface area contributed by atoms with Crippen LogP contribution in [0.4, 0.5) is 0 Å². The van der Waals surface area contributed by atoms with Gasteiger partial charge in [-0.05, 0) is 43.0 Å². The van der Waals surface area contributed by atoms with Gasteiger partial charge in [0, 0.05) is 11.9 Å². The number of aromatic nitrogens is 2. The third kappa shape index (κ3) is 3.04. The Hall–Kier alpha value is -1.60. The molecule has 126 valence electrons. The predicted molar refractivity (Wildman–Crippen MR) is 107 cm³/mol. The van der Waals surface area contributed by atoms with Crippen molar-refractivity contribution in [3.8, 4) is 9.88 Å². The van der Waals surface area contributed by atoms with Crippen molar-refractivity contribution >= 4 is 44.2 Å². The Labute approximate surface area is 158 Å². The molecule has 1 fully saturated rings. The lowest BCUT2D eigenvalue weighted by molar-refractivity contribution is 0.246. The SMILES string of the molecule is c1csc(-c2nc(CN3CCCC3c3nc4ccccc4s3)cs2)c1. The first-order valence-corrected chi connectivity index (χ1v) is 11.0. The smallest absolute Gasteiger partial charge is 0.133 e. The summed E-state index contributed by atoms with van der Waals surface area (Å²) in [7, 11) is 0. The lowest BCUT2D eigenvalue weighted by atomic mass is 10.2. The van der Waals surface area contributed by atoms with Gasteiger partial charge in [-0.2, -0.15) is 0 Å². The molecule has 0 radical (unpaired) electrons. The van der Waals surface area contributed by atoms with Crippen LogP contribution in [0.5, 0.6) is 0 Å². The van der Waals surface area contributed by atoms with E-state index in [0.717, 1.165) is 23.6 Å². The average Bonchev–Trinajstić information content (AvgIpc) is 3.41. The zero-order valence-electron chi connectivity index (χ0n) is 13.6. The molecule has 0 N–H and O–H groups in total. The summed E-state index contributed by atoms with van der Waals surface area (Å²) in [5.74, 6) is 0. The van der Waals surface area contributed by atoms with Gasteiger partial charge in [0.25, 0.3) is 0 Å². The molecule has 6 heteroatoms. The Morgan fingerprint density at radius 3 is 2.92 bits per heavy atom. The second-order valence-electron chi connectivity index (χ2n) is 6.27. The monoisotopic (exact) mass is 383 g/mol. The van der Waals surface area contributed by atoms with Crippen molar-refractivity contribution < 1.29 is 0 Å². The Balaban J connectivity index is 1.38. The van der Waals surface area contributed by atoms with Crippen molar-refractivity contribution in [2.75, 3.05) is 6.54 Å². The fourth-order valence-corrected chi connectivity index (χ4v) is 6.19. The van der Waals surface area contributed by atoms with Crippen LogP contribution in [-0.2, 0) is 6.54 Å². The Kier molecular flexibility index (Phi) is 4.13. The summed E-state index contributed by atoms with van der Waals surface area (Å²) in [6.07, 6.45) is 2.43. The van der Waals surface area contributed by atoms with Crippen molar-refractivity contribution in [2.24, 2.45) is 0 Å². The zero-order valence-corrected chi connectivity index (χ0v) is 16.0. The molecule has 3 nitrogen and oxygen atoms in total. The number of nitrogens with zero attached hydrogens (tertiary/aromatic N) is 3. The molecule has 0 saturated carbocycles. The van der Waals surface area contributed by atoms with E-state index >= 15 is 0 Å². The van der Waals surface area contributed by atoms with Gasteiger partial charge >= 0.3 is 0 Å². The molecule has 1 saturated heterocycles. The van der Waals surface area contributed by atoms with Crippen molar-refractivity contribution in [1.82, 2.24) is 14.9 Å². The minimum atomic E-state index is 0.435. The van der Waals surface area contributed by atoms with Crippen LogP contribution in [0.3, 0.4) is 0 Å². The standard InChI is InChI=1S/C19H17N3S3/c1-2-7-16-14(5-1)21-18(25-16)15-6-3-9-22(15)11-13-12-24-19(20-13)17-8-4-10-23-17/h1-2,4-5,7-8,10,12,15H,3,6,9,11H2. The summed E-state index contributed by atoms with van der Waals surface area (Å²) in [5, 5.41) is 6.72. The predicted octanol–water partition coefficient (Wildman–Crippen LogP) is 5.82. The van der Waals surface area contributed by atoms with Crippen LogP contribution in [0.2, 0.25) is 0 Å². The number of benzene rings is 1. The largest absolute Gasteiger partial charge is 0.288 e. The quantitative estimate of drug-likeness (QED) is 0.445. The van der Waals surface area contributed by atoms with Crippen LogP contribution in [0.1, 0.15) is 29.6 Å². The van der Waals surface area contributed by atoms with E-state index in [1.54, 1.807) is 22.7 Å². The molecule has 0 aliphatic carbocycles. The van der Waals surface area contributed by atoms with Crippen molar-refractivity contribution in [1.29, 1.82) is 0 Å². The molecule has 25 heavy (non-hydrogen) atoms. The Morgan fingerprint density at radius 2 is 2.04 bits per heavy atom. The molecule has 0 bridgehead atoms.